The van der Waals surface area contributed by atoms with Crippen LogP contribution in [0.15, 0.2) is 18.2 Å². The zero-order valence-corrected chi connectivity index (χ0v) is 11.1. The molecule has 102 valence electrons. The molecule has 1 aliphatic heterocycles. The molecule has 5 nitrogen and oxygen atoms in total. The first-order chi connectivity index (χ1) is 8.99. The van der Waals surface area contributed by atoms with Crippen molar-refractivity contribution in [1.29, 1.82) is 0 Å². The average molecular weight is 262 g/mol. The van der Waals surface area contributed by atoms with E-state index in [-0.39, 0.29) is 24.9 Å². The molecule has 5 heteroatoms. The van der Waals surface area contributed by atoms with Crippen molar-refractivity contribution in [1.82, 2.24) is 5.32 Å². The smallest absolute Gasteiger partial charge is 0.304 e. The lowest BCUT2D eigenvalue weighted by Gasteiger charge is -2.34. The van der Waals surface area contributed by atoms with Gasteiger partial charge in [0.05, 0.1) is 13.0 Å². The van der Waals surface area contributed by atoms with Crippen molar-refractivity contribution in [3.05, 3.63) is 29.3 Å². The molecule has 1 atom stereocenters. The lowest BCUT2D eigenvalue weighted by molar-refractivity contribution is -0.138. The third-order valence-electron chi connectivity index (χ3n) is 3.38. The number of hydrogen-bond acceptors (Lipinski definition) is 3. The van der Waals surface area contributed by atoms with Crippen LogP contribution in [0.25, 0.3) is 0 Å². The summed E-state index contributed by atoms with van der Waals surface area (Å²) in [6.07, 6.45) is 0.0225. The number of benzene rings is 1. The quantitative estimate of drug-likeness (QED) is 0.855. The van der Waals surface area contributed by atoms with Gasteiger partial charge in [-0.2, -0.15) is 0 Å². The van der Waals surface area contributed by atoms with Gasteiger partial charge in [-0.25, -0.2) is 0 Å². The second kappa shape index (κ2) is 5.40. The Balaban J connectivity index is 2.26. The summed E-state index contributed by atoms with van der Waals surface area (Å²) in [5.41, 5.74) is 2.97. The van der Waals surface area contributed by atoms with Gasteiger partial charge in [0.2, 0.25) is 5.91 Å². The second-order valence-corrected chi connectivity index (χ2v) is 4.92. The number of carbonyl (C=O) groups is 2. The van der Waals surface area contributed by atoms with Crippen LogP contribution in [0.2, 0.25) is 0 Å². The highest BCUT2D eigenvalue weighted by Gasteiger charge is 2.29. The summed E-state index contributed by atoms with van der Waals surface area (Å²) in [5.74, 6) is -0.868. The number of nitrogens with one attached hydrogen (secondary N) is 1. The molecule has 19 heavy (non-hydrogen) atoms. The molecule has 0 aromatic heterocycles. The molecule has 1 heterocycles. The van der Waals surface area contributed by atoms with Crippen LogP contribution in [-0.2, 0) is 9.59 Å². The van der Waals surface area contributed by atoms with E-state index < -0.39 is 5.97 Å². The Morgan fingerprint density at radius 3 is 2.63 bits per heavy atom. The van der Waals surface area contributed by atoms with Crippen LogP contribution in [0, 0.1) is 13.8 Å². The van der Waals surface area contributed by atoms with Crippen LogP contribution in [0.4, 0.5) is 5.69 Å². The Bertz CT molecular complexity index is 493. The fraction of sp³-hybridized carbons (Fsp3) is 0.429. The number of carbonyl (C=O) groups excluding carboxylic acids is 1. The molecule has 0 spiro atoms. The van der Waals surface area contributed by atoms with Gasteiger partial charge in [0.1, 0.15) is 0 Å². The third kappa shape index (κ3) is 2.93. The van der Waals surface area contributed by atoms with Gasteiger partial charge in [-0.1, -0.05) is 18.2 Å². The number of aryl methyl sites for hydroxylation is 2. The Labute approximate surface area is 112 Å². The molecule has 1 fully saturated rings. The molecule has 1 aromatic rings. The molecule has 0 saturated carbocycles. The average Bonchev–Trinajstić information content (AvgIpc) is 2.32. The van der Waals surface area contributed by atoms with Gasteiger partial charge in [0.25, 0.3) is 0 Å². The van der Waals surface area contributed by atoms with Crippen molar-refractivity contribution in [3.63, 3.8) is 0 Å². The molecule has 1 aromatic carbocycles. The minimum atomic E-state index is -0.853. The number of hydrogen-bond donors (Lipinski definition) is 2. The number of para-hydroxylation sites is 1. The van der Waals surface area contributed by atoms with E-state index in [9.17, 15) is 9.59 Å². The molecule has 0 radical (unpaired) electrons. The summed E-state index contributed by atoms with van der Waals surface area (Å²) in [4.78, 5) is 24.5. The Morgan fingerprint density at radius 1 is 1.42 bits per heavy atom. The van der Waals surface area contributed by atoms with Crippen LogP contribution in [-0.4, -0.2) is 36.1 Å². The summed E-state index contributed by atoms with van der Waals surface area (Å²) in [6.45, 7) is 4.51. The van der Waals surface area contributed by atoms with Crippen molar-refractivity contribution in [2.75, 3.05) is 18.0 Å². The molecule has 1 unspecified atom stereocenters. The lowest BCUT2D eigenvalue weighted by Crippen LogP contribution is -2.55. The third-order valence-corrected chi connectivity index (χ3v) is 3.38. The molecule has 2 rings (SSSR count). The SMILES string of the molecule is Cc1cccc(C)c1N1CC(CC(=O)O)NCC1=O. The van der Waals surface area contributed by atoms with Gasteiger partial charge in [-0.3, -0.25) is 9.59 Å². The van der Waals surface area contributed by atoms with Crippen LogP contribution in [0.3, 0.4) is 0 Å². The van der Waals surface area contributed by atoms with Crippen molar-refractivity contribution < 1.29 is 14.7 Å². The monoisotopic (exact) mass is 262 g/mol. The molecule has 1 amide bonds. The number of anilines is 1. The Kier molecular flexibility index (Phi) is 3.85. The highest BCUT2D eigenvalue weighted by Crippen LogP contribution is 2.26. The van der Waals surface area contributed by atoms with Gasteiger partial charge in [-0.05, 0) is 25.0 Å². The second-order valence-electron chi connectivity index (χ2n) is 4.92. The first kappa shape index (κ1) is 13.5. The first-order valence-electron chi connectivity index (χ1n) is 6.31. The van der Waals surface area contributed by atoms with E-state index in [1.807, 2.05) is 32.0 Å². The van der Waals surface area contributed by atoms with E-state index in [1.165, 1.54) is 0 Å². The predicted octanol–water partition coefficient (Wildman–Crippen LogP) is 1.08. The van der Waals surface area contributed by atoms with Crippen LogP contribution >= 0.6 is 0 Å². The normalized spacial score (nSPS) is 19.6. The van der Waals surface area contributed by atoms with Crippen molar-refractivity contribution in [3.8, 4) is 0 Å². The number of nitrogens with zero attached hydrogens (tertiary/aromatic N) is 1. The number of carboxylic acids is 1. The maximum Gasteiger partial charge on any atom is 0.304 e. The minimum absolute atomic E-state index is 0.0148. The van der Waals surface area contributed by atoms with Crippen LogP contribution in [0.1, 0.15) is 17.5 Å². The van der Waals surface area contributed by atoms with E-state index >= 15 is 0 Å². The topological polar surface area (TPSA) is 69.6 Å². The van der Waals surface area contributed by atoms with Crippen molar-refractivity contribution in [2.45, 2.75) is 26.3 Å². The Morgan fingerprint density at radius 2 is 2.05 bits per heavy atom. The number of amides is 1. The molecule has 2 N–H and O–H groups in total. The van der Waals surface area contributed by atoms with Gasteiger partial charge in [0.15, 0.2) is 0 Å². The van der Waals surface area contributed by atoms with Gasteiger partial charge in [-0.15, -0.1) is 0 Å². The van der Waals surface area contributed by atoms with Crippen molar-refractivity contribution >= 4 is 17.6 Å². The van der Waals surface area contributed by atoms with E-state index in [0.717, 1.165) is 16.8 Å². The van der Waals surface area contributed by atoms with E-state index in [1.54, 1.807) is 4.90 Å². The number of piperazine rings is 1. The number of rotatable bonds is 3. The summed E-state index contributed by atoms with van der Waals surface area (Å²) in [5, 5.41) is 11.8. The zero-order valence-electron chi connectivity index (χ0n) is 11.1. The number of aliphatic carboxylic acids is 1. The van der Waals surface area contributed by atoms with Crippen LogP contribution in [0.5, 0.6) is 0 Å². The van der Waals surface area contributed by atoms with Gasteiger partial charge >= 0.3 is 5.97 Å². The summed E-state index contributed by atoms with van der Waals surface area (Å²) >= 11 is 0. The fourth-order valence-electron chi connectivity index (χ4n) is 2.51. The highest BCUT2D eigenvalue weighted by atomic mass is 16.4. The fourth-order valence-corrected chi connectivity index (χ4v) is 2.51. The largest absolute Gasteiger partial charge is 0.481 e. The number of carboxylic acid groups (broad SMARTS) is 1. The first-order valence-corrected chi connectivity index (χ1v) is 6.31. The van der Waals surface area contributed by atoms with Crippen LogP contribution < -0.4 is 10.2 Å². The van der Waals surface area contributed by atoms with Gasteiger partial charge < -0.3 is 15.3 Å². The molecular weight excluding hydrogens is 244 g/mol. The van der Waals surface area contributed by atoms with Gasteiger partial charge in [0, 0.05) is 18.3 Å². The highest BCUT2D eigenvalue weighted by molar-refractivity contribution is 5.97. The predicted molar refractivity (Wildman–Crippen MR) is 72.3 cm³/mol. The minimum Gasteiger partial charge on any atom is -0.481 e. The summed E-state index contributed by atoms with van der Waals surface area (Å²) < 4.78 is 0. The maximum absolute atomic E-state index is 12.0. The zero-order chi connectivity index (χ0) is 14.0. The molecular formula is C14H18N2O3. The Hall–Kier alpha value is -1.88. The maximum atomic E-state index is 12.0. The van der Waals surface area contributed by atoms with Crippen molar-refractivity contribution in [2.24, 2.45) is 0 Å². The van der Waals surface area contributed by atoms with E-state index in [2.05, 4.69) is 5.32 Å². The van der Waals surface area contributed by atoms with E-state index in [4.69, 9.17) is 5.11 Å². The molecule has 0 bridgehead atoms. The molecule has 1 aliphatic rings. The molecule has 0 aliphatic carbocycles. The summed E-state index contributed by atoms with van der Waals surface area (Å²) in [6, 6.07) is 5.68. The molecule has 1 saturated heterocycles. The lowest BCUT2D eigenvalue weighted by atomic mass is 10.0. The summed E-state index contributed by atoms with van der Waals surface area (Å²) in [7, 11) is 0. The standard InChI is InChI=1S/C14H18N2O3/c1-9-4-3-5-10(2)14(9)16-8-11(6-13(18)19)15-7-12(16)17/h3-5,11,15H,6-8H2,1-2H3,(H,18,19). The van der Waals surface area contributed by atoms with E-state index in [0.29, 0.717) is 6.54 Å².